The van der Waals surface area contributed by atoms with Crippen LogP contribution in [-0.4, -0.2) is 36.4 Å². The number of carbonyl (C=O) groups excluding carboxylic acids is 1. The summed E-state index contributed by atoms with van der Waals surface area (Å²) >= 11 is 0. The molecule has 2 amide bonds. The summed E-state index contributed by atoms with van der Waals surface area (Å²) in [5.74, 6) is 2.43. The molecule has 1 unspecified atom stereocenters. The third kappa shape index (κ3) is 4.30. The highest BCUT2D eigenvalue weighted by Gasteiger charge is 2.51. The quantitative estimate of drug-likeness (QED) is 0.688. The van der Waals surface area contributed by atoms with Crippen LogP contribution in [0.3, 0.4) is 0 Å². The van der Waals surface area contributed by atoms with Crippen LogP contribution in [0, 0.1) is 24.7 Å². The Morgan fingerprint density at radius 1 is 1.15 bits per heavy atom. The van der Waals surface area contributed by atoms with E-state index in [1.807, 2.05) is 31.2 Å². The fraction of sp³-hybridized carbons (Fsp3) is 0.682. The van der Waals surface area contributed by atoms with Gasteiger partial charge in [0, 0.05) is 12.1 Å². The highest BCUT2D eigenvalue weighted by molar-refractivity contribution is 5.75. The maximum Gasteiger partial charge on any atom is 0.315 e. The molecule has 4 bridgehead atoms. The average molecular weight is 373 g/mol. The summed E-state index contributed by atoms with van der Waals surface area (Å²) in [6.45, 7) is 2.68. The van der Waals surface area contributed by atoms with Crippen LogP contribution in [0.25, 0.3) is 0 Å². The van der Waals surface area contributed by atoms with Gasteiger partial charge in [-0.05, 0) is 68.8 Å². The van der Waals surface area contributed by atoms with E-state index in [0.29, 0.717) is 6.54 Å². The summed E-state index contributed by atoms with van der Waals surface area (Å²) in [6, 6.07) is 8.05. The topological polar surface area (TPSA) is 70.6 Å². The lowest BCUT2D eigenvalue weighted by molar-refractivity contribution is -0.0140. The van der Waals surface area contributed by atoms with Gasteiger partial charge in [0.25, 0.3) is 0 Å². The summed E-state index contributed by atoms with van der Waals surface area (Å²) in [5.41, 5.74) is 2.22. The molecule has 0 heterocycles. The van der Waals surface area contributed by atoms with Crippen LogP contribution in [-0.2, 0) is 4.74 Å². The molecule has 4 fully saturated rings. The Bertz CT molecular complexity index is 623. The van der Waals surface area contributed by atoms with Crippen molar-refractivity contribution < 1.29 is 14.6 Å². The smallest absolute Gasteiger partial charge is 0.315 e. The molecule has 1 aromatic carbocycles. The van der Waals surface area contributed by atoms with E-state index in [-0.39, 0.29) is 30.9 Å². The minimum Gasteiger partial charge on any atom is -0.394 e. The molecule has 4 saturated carbocycles. The van der Waals surface area contributed by atoms with E-state index < -0.39 is 0 Å². The second-order valence-corrected chi connectivity index (χ2v) is 9.03. The molecular weight excluding hydrogens is 340 g/mol. The summed E-state index contributed by atoms with van der Waals surface area (Å²) in [5, 5.41) is 15.5. The van der Waals surface area contributed by atoms with Gasteiger partial charge in [-0.3, -0.25) is 0 Å². The van der Waals surface area contributed by atoms with E-state index in [4.69, 9.17) is 9.84 Å². The average Bonchev–Trinajstić information content (AvgIpc) is 2.61. The molecule has 27 heavy (non-hydrogen) atoms. The van der Waals surface area contributed by atoms with Gasteiger partial charge in [-0.1, -0.05) is 29.8 Å². The Morgan fingerprint density at radius 3 is 2.30 bits per heavy atom. The first kappa shape index (κ1) is 18.8. The van der Waals surface area contributed by atoms with Crippen molar-refractivity contribution in [3.63, 3.8) is 0 Å². The van der Waals surface area contributed by atoms with Crippen molar-refractivity contribution in [3.8, 4) is 0 Å². The molecule has 4 aliphatic carbocycles. The summed E-state index contributed by atoms with van der Waals surface area (Å²) in [4.78, 5) is 12.7. The lowest BCUT2D eigenvalue weighted by atomic mass is 9.53. The molecule has 0 radical (unpaired) electrons. The van der Waals surface area contributed by atoms with Crippen LogP contribution in [0.5, 0.6) is 0 Å². The van der Waals surface area contributed by atoms with Gasteiger partial charge >= 0.3 is 6.03 Å². The Balaban J connectivity index is 1.34. The number of nitrogens with one attached hydrogen (secondary N) is 2. The normalized spacial score (nSPS) is 32.3. The second kappa shape index (κ2) is 7.80. The molecule has 0 spiro atoms. The van der Waals surface area contributed by atoms with Gasteiger partial charge in [-0.15, -0.1) is 0 Å². The number of aryl methyl sites for hydroxylation is 1. The lowest BCUT2D eigenvalue weighted by Crippen LogP contribution is -2.61. The molecular formula is C22H32N2O3. The Kier molecular flexibility index (Phi) is 5.42. The number of benzene rings is 1. The van der Waals surface area contributed by atoms with Crippen LogP contribution >= 0.6 is 0 Å². The second-order valence-electron chi connectivity index (χ2n) is 9.03. The van der Waals surface area contributed by atoms with Gasteiger partial charge in [-0.25, -0.2) is 4.79 Å². The number of rotatable bonds is 7. The molecule has 0 saturated heterocycles. The van der Waals surface area contributed by atoms with Crippen molar-refractivity contribution in [2.24, 2.45) is 17.8 Å². The predicted octanol–water partition coefficient (Wildman–Crippen LogP) is 3.31. The van der Waals surface area contributed by atoms with Crippen molar-refractivity contribution in [1.29, 1.82) is 0 Å². The Morgan fingerprint density at radius 2 is 1.74 bits per heavy atom. The molecule has 3 N–H and O–H groups in total. The van der Waals surface area contributed by atoms with Gasteiger partial charge < -0.3 is 20.5 Å². The number of hydrogen-bond acceptors (Lipinski definition) is 3. The number of carbonyl (C=O) groups is 1. The molecule has 0 aromatic heterocycles. The molecule has 1 aromatic rings. The lowest BCUT2D eigenvalue weighted by Gasteiger charge is -2.56. The minimum atomic E-state index is -0.250. The van der Waals surface area contributed by atoms with Crippen molar-refractivity contribution in [2.45, 2.75) is 57.1 Å². The fourth-order valence-electron chi connectivity index (χ4n) is 5.98. The van der Waals surface area contributed by atoms with Crippen LogP contribution < -0.4 is 10.6 Å². The number of ether oxygens (including phenoxy) is 1. The van der Waals surface area contributed by atoms with E-state index in [0.717, 1.165) is 42.6 Å². The van der Waals surface area contributed by atoms with Crippen molar-refractivity contribution in [3.05, 3.63) is 35.4 Å². The van der Waals surface area contributed by atoms with Crippen LogP contribution in [0.2, 0.25) is 0 Å². The summed E-state index contributed by atoms with van der Waals surface area (Å²) in [7, 11) is 0. The molecule has 4 aliphatic rings. The first-order chi connectivity index (χ1) is 13.0. The number of aliphatic hydroxyl groups excluding tert-OH is 1. The Labute approximate surface area is 161 Å². The molecule has 5 rings (SSSR count). The third-order valence-electron chi connectivity index (χ3n) is 6.72. The molecule has 0 aliphatic heterocycles. The first-order valence-corrected chi connectivity index (χ1v) is 10.4. The zero-order chi connectivity index (χ0) is 18.9. The minimum absolute atomic E-state index is 0.0180. The maximum atomic E-state index is 12.7. The standard InChI is InChI=1S/C22H32N2O3/c1-15-2-4-19(5-3-15)20(27-7-6-25)14-23-21(26)24-22-11-16-8-17(12-22)10-18(9-16)13-22/h2-5,16-18,20,25H,6-14H2,1H3,(H2,23,24,26). The largest absolute Gasteiger partial charge is 0.394 e. The van der Waals surface area contributed by atoms with Crippen molar-refractivity contribution in [1.82, 2.24) is 10.6 Å². The van der Waals surface area contributed by atoms with E-state index in [9.17, 15) is 4.79 Å². The van der Waals surface area contributed by atoms with Crippen molar-refractivity contribution >= 4 is 6.03 Å². The predicted molar refractivity (Wildman–Crippen MR) is 104 cm³/mol. The number of aliphatic hydroxyl groups is 1. The molecule has 148 valence electrons. The zero-order valence-corrected chi connectivity index (χ0v) is 16.2. The van der Waals surface area contributed by atoms with E-state index in [2.05, 4.69) is 10.6 Å². The van der Waals surface area contributed by atoms with Crippen LogP contribution in [0.15, 0.2) is 24.3 Å². The number of hydrogen-bond donors (Lipinski definition) is 3. The maximum absolute atomic E-state index is 12.7. The van der Waals surface area contributed by atoms with E-state index in [1.54, 1.807) is 0 Å². The van der Waals surface area contributed by atoms with E-state index >= 15 is 0 Å². The van der Waals surface area contributed by atoms with Gasteiger partial charge in [0.15, 0.2) is 0 Å². The third-order valence-corrected chi connectivity index (χ3v) is 6.72. The van der Waals surface area contributed by atoms with Crippen LogP contribution in [0.4, 0.5) is 4.79 Å². The van der Waals surface area contributed by atoms with Crippen LogP contribution in [0.1, 0.15) is 55.8 Å². The van der Waals surface area contributed by atoms with Crippen molar-refractivity contribution in [2.75, 3.05) is 19.8 Å². The first-order valence-electron chi connectivity index (χ1n) is 10.4. The fourth-order valence-corrected chi connectivity index (χ4v) is 5.98. The van der Waals surface area contributed by atoms with Gasteiger partial charge in [0.1, 0.15) is 0 Å². The highest BCUT2D eigenvalue weighted by atomic mass is 16.5. The monoisotopic (exact) mass is 372 g/mol. The molecule has 1 atom stereocenters. The number of amides is 2. The summed E-state index contributed by atoms with van der Waals surface area (Å²) < 4.78 is 5.77. The van der Waals surface area contributed by atoms with Gasteiger partial charge in [0.2, 0.25) is 0 Å². The molecule has 5 heteroatoms. The van der Waals surface area contributed by atoms with E-state index in [1.165, 1.54) is 24.8 Å². The van der Waals surface area contributed by atoms with Gasteiger partial charge in [-0.2, -0.15) is 0 Å². The highest BCUT2D eigenvalue weighted by Crippen LogP contribution is 2.55. The SMILES string of the molecule is Cc1ccc(C(CNC(=O)NC23CC4CC(CC(C4)C2)C3)OCCO)cc1. The summed E-state index contributed by atoms with van der Waals surface area (Å²) in [6.07, 6.45) is 7.30. The zero-order valence-electron chi connectivity index (χ0n) is 16.2. The van der Waals surface area contributed by atoms with Gasteiger partial charge in [0.05, 0.1) is 19.3 Å². The Hall–Kier alpha value is -1.59. The number of urea groups is 1. The molecule has 5 nitrogen and oxygen atoms in total.